The zero-order chi connectivity index (χ0) is 16.1. The minimum atomic E-state index is -0.0945. The summed E-state index contributed by atoms with van der Waals surface area (Å²) in [5.74, 6) is 1.13. The van der Waals surface area contributed by atoms with Crippen LogP contribution in [0.2, 0.25) is 0 Å². The molecule has 5 nitrogen and oxygen atoms in total. The van der Waals surface area contributed by atoms with Crippen LogP contribution in [0.25, 0.3) is 0 Å². The third kappa shape index (κ3) is 4.09. The van der Waals surface area contributed by atoms with E-state index < -0.39 is 0 Å². The van der Waals surface area contributed by atoms with E-state index in [0.717, 1.165) is 26.2 Å². The van der Waals surface area contributed by atoms with Gasteiger partial charge in [-0.25, -0.2) is 0 Å². The SMILES string of the molecule is O=C(CN1CCNCC1)c1cc(Oc2ccccc2)ccc1O. The van der Waals surface area contributed by atoms with E-state index in [1.807, 2.05) is 30.3 Å². The third-order valence-corrected chi connectivity index (χ3v) is 3.82. The van der Waals surface area contributed by atoms with Gasteiger partial charge in [0.25, 0.3) is 0 Å². The van der Waals surface area contributed by atoms with Crippen molar-refractivity contribution in [3.05, 3.63) is 54.1 Å². The molecule has 0 saturated carbocycles. The Morgan fingerprint density at radius 2 is 1.83 bits per heavy atom. The molecular weight excluding hydrogens is 292 g/mol. The van der Waals surface area contributed by atoms with Crippen LogP contribution in [0.15, 0.2) is 48.5 Å². The number of piperazine rings is 1. The van der Waals surface area contributed by atoms with E-state index in [1.165, 1.54) is 6.07 Å². The Morgan fingerprint density at radius 3 is 2.57 bits per heavy atom. The minimum absolute atomic E-state index is 0.00875. The third-order valence-electron chi connectivity index (χ3n) is 3.82. The standard InChI is InChI=1S/C18H20N2O3/c21-17-7-6-15(23-14-4-2-1-3-5-14)12-16(17)18(22)13-20-10-8-19-9-11-20/h1-7,12,19,21H,8-11,13H2. The van der Waals surface area contributed by atoms with Gasteiger partial charge in [0.1, 0.15) is 17.2 Å². The van der Waals surface area contributed by atoms with Crippen molar-refractivity contribution in [1.29, 1.82) is 0 Å². The lowest BCUT2D eigenvalue weighted by Crippen LogP contribution is -2.45. The normalized spacial score (nSPS) is 15.3. The monoisotopic (exact) mass is 312 g/mol. The molecule has 0 radical (unpaired) electrons. The van der Waals surface area contributed by atoms with Crippen molar-refractivity contribution in [2.24, 2.45) is 0 Å². The number of para-hydroxylation sites is 1. The summed E-state index contributed by atoms with van der Waals surface area (Å²) in [6.07, 6.45) is 0. The molecule has 0 bridgehead atoms. The number of hydrogen-bond acceptors (Lipinski definition) is 5. The van der Waals surface area contributed by atoms with Crippen molar-refractivity contribution in [1.82, 2.24) is 10.2 Å². The zero-order valence-electron chi connectivity index (χ0n) is 12.9. The molecule has 2 aromatic rings. The van der Waals surface area contributed by atoms with E-state index in [9.17, 15) is 9.90 Å². The van der Waals surface area contributed by atoms with Crippen molar-refractivity contribution in [2.75, 3.05) is 32.7 Å². The number of carbonyl (C=O) groups excluding carboxylic acids is 1. The fourth-order valence-corrected chi connectivity index (χ4v) is 2.58. The maximum Gasteiger partial charge on any atom is 0.180 e. The first-order chi connectivity index (χ1) is 11.2. The van der Waals surface area contributed by atoms with Crippen LogP contribution < -0.4 is 10.1 Å². The molecule has 0 unspecified atom stereocenters. The molecule has 0 aromatic heterocycles. The lowest BCUT2D eigenvalue weighted by atomic mass is 10.1. The highest BCUT2D eigenvalue weighted by Gasteiger charge is 2.18. The van der Waals surface area contributed by atoms with Crippen LogP contribution in [-0.4, -0.2) is 48.5 Å². The molecule has 1 fully saturated rings. The second kappa shape index (κ2) is 7.26. The van der Waals surface area contributed by atoms with Gasteiger partial charge in [0.2, 0.25) is 0 Å². The number of rotatable bonds is 5. The number of ether oxygens (including phenoxy) is 1. The molecule has 1 heterocycles. The molecule has 2 aromatic carbocycles. The molecule has 120 valence electrons. The van der Waals surface area contributed by atoms with Crippen LogP contribution in [0.5, 0.6) is 17.2 Å². The van der Waals surface area contributed by atoms with Crippen LogP contribution in [0.1, 0.15) is 10.4 Å². The number of Topliss-reactive ketones (excluding diaryl/α,β-unsaturated/α-hetero) is 1. The van der Waals surface area contributed by atoms with Crippen LogP contribution in [0, 0.1) is 0 Å². The lowest BCUT2D eigenvalue weighted by Gasteiger charge is -2.26. The maximum absolute atomic E-state index is 12.5. The van der Waals surface area contributed by atoms with E-state index in [-0.39, 0.29) is 11.5 Å². The van der Waals surface area contributed by atoms with Gasteiger partial charge >= 0.3 is 0 Å². The van der Waals surface area contributed by atoms with Gasteiger partial charge in [-0.2, -0.15) is 0 Å². The zero-order valence-corrected chi connectivity index (χ0v) is 12.9. The van der Waals surface area contributed by atoms with Gasteiger partial charge in [0.05, 0.1) is 12.1 Å². The van der Waals surface area contributed by atoms with Gasteiger partial charge in [-0.1, -0.05) is 18.2 Å². The second-order valence-corrected chi connectivity index (χ2v) is 5.54. The number of benzene rings is 2. The summed E-state index contributed by atoms with van der Waals surface area (Å²) in [5, 5.41) is 13.2. The van der Waals surface area contributed by atoms with E-state index >= 15 is 0 Å². The van der Waals surface area contributed by atoms with Gasteiger partial charge < -0.3 is 15.2 Å². The number of aromatic hydroxyl groups is 1. The minimum Gasteiger partial charge on any atom is -0.507 e. The average Bonchev–Trinajstić information content (AvgIpc) is 2.58. The van der Waals surface area contributed by atoms with Crippen LogP contribution >= 0.6 is 0 Å². The molecule has 0 spiro atoms. The summed E-state index contributed by atoms with van der Waals surface area (Å²) in [5.41, 5.74) is 0.303. The van der Waals surface area contributed by atoms with Crippen LogP contribution in [-0.2, 0) is 0 Å². The number of phenols is 1. The maximum atomic E-state index is 12.5. The molecule has 0 atom stereocenters. The Balaban J connectivity index is 1.73. The highest BCUT2D eigenvalue weighted by molar-refractivity contribution is 6.00. The number of carbonyl (C=O) groups is 1. The quantitative estimate of drug-likeness (QED) is 0.829. The largest absolute Gasteiger partial charge is 0.507 e. The predicted octanol–water partition coefficient (Wildman–Crippen LogP) is 2.27. The molecule has 1 saturated heterocycles. The van der Waals surface area contributed by atoms with Gasteiger partial charge in [0, 0.05) is 26.2 Å². The van der Waals surface area contributed by atoms with Crippen LogP contribution in [0.4, 0.5) is 0 Å². The molecule has 0 amide bonds. The highest BCUT2D eigenvalue weighted by atomic mass is 16.5. The molecule has 1 aliphatic heterocycles. The van der Waals surface area contributed by atoms with Gasteiger partial charge in [-0.15, -0.1) is 0 Å². The first-order valence-corrected chi connectivity index (χ1v) is 7.74. The fraction of sp³-hybridized carbons (Fsp3) is 0.278. The summed E-state index contributed by atoms with van der Waals surface area (Å²) in [7, 11) is 0. The first kappa shape index (κ1) is 15.5. The molecule has 2 N–H and O–H groups in total. The number of hydrogen-bond donors (Lipinski definition) is 2. The van der Waals surface area contributed by atoms with E-state index in [1.54, 1.807) is 12.1 Å². The van der Waals surface area contributed by atoms with Gasteiger partial charge in [-0.3, -0.25) is 9.69 Å². The Kier molecular flexibility index (Phi) is 4.90. The Morgan fingerprint density at radius 1 is 1.09 bits per heavy atom. The summed E-state index contributed by atoms with van der Waals surface area (Å²) in [4.78, 5) is 14.5. The summed E-state index contributed by atoms with van der Waals surface area (Å²) in [6, 6.07) is 14.1. The second-order valence-electron chi connectivity index (χ2n) is 5.54. The number of nitrogens with zero attached hydrogens (tertiary/aromatic N) is 1. The van der Waals surface area contributed by atoms with Crippen molar-refractivity contribution < 1.29 is 14.6 Å². The van der Waals surface area contributed by atoms with Crippen LogP contribution in [0.3, 0.4) is 0 Å². The van der Waals surface area contributed by atoms with Crippen molar-refractivity contribution >= 4 is 5.78 Å². The van der Waals surface area contributed by atoms with Crippen molar-refractivity contribution in [3.63, 3.8) is 0 Å². The molecule has 3 rings (SSSR count). The number of nitrogens with one attached hydrogen (secondary N) is 1. The first-order valence-electron chi connectivity index (χ1n) is 7.74. The van der Waals surface area contributed by atoms with E-state index in [2.05, 4.69) is 10.2 Å². The topological polar surface area (TPSA) is 61.8 Å². The highest BCUT2D eigenvalue weighted by Crippen LogP contribution is 2.27. The molecule has 23 heavy (non-hydrogen) atoms. The summed E-state index contributed by atoms with van der Waals surface area (Å²) >= 11 is 0. The summed E-state index contributed by atoms with van der Waals surface area (Å²) in [6.45, 7) is 3.76. The van der Waals surface area contributed by atoms with Crippen molar-refractivity contribution in [2.45, 2.75) is 0 Å². The van der Waals surface area contributed by atoms with E-state index in [4.69, 9.17) is 4.74 Å². The lowest BCUT2D eigenvalue weighted by molar-refractivity contribution is 0.0918. The number of ketones is 1. The van der Waals surface area contributed by atoms with Crippen molar-refractivity contribution in [3.8, 4) is 17.2 Å². The Labute approximate surface area is 135 Å². The van der Waals surface area contributed by atoms with Gasteiger partial charge in [0.15, 0.2) is 5.78 Å². The Hall–Kier alpha value is -2.37. The predicted molar refractivity (Wildman–Crippen MR) is 88.3 cm³/mol. The number of phenolic OH excluding ortho intramolecular Hbond substituents is 1. The van der Waals surface area contributed by atoms with Gasteiger partial charge in [-0.05, 0) is 30.3 Å². The molecule has 0 aliphatic carbocycles. The molecular formula is C18H20N2O3. The average molecular weight is 312 g/mol. The smallest absolute Gasteiger partial charge is 0.180 e. The van der Waals surface area contributed by atoms with E-state index in [0.29, 0.717) is 23.6 Å². The Bertz CT molecular complexity index is 667. The molecule has 1 aliphatic rings. The summed E-state index contributed by atoms with van der Waals surface area (Å²) < 4.78 is 5.73. The fourth-order valence-electron chi connectivity index (χ4n) is 2.58. The molecule has 5 heteroatoms.